The fraction of sp³-hybridized carbons (Fsp3) is 0.333. The minimum absolute atomic E-state index is 0.0378. The van der Waals surface area contributed by atoms with E-state index in [0.29, 0.717) is 13.0 Å². The van der Waals surface area contributed by atoms with E-state index in [-0.39, 0.29) is 11.9 Å². The molecule has 1 unspecified atom stereocenters. The number of aromatic nitrogens is 2. The average Bonchev–Trinajstić information content (AvgIpc) is 3.00. The van der Waals surface area contributed by atoms with E-state index < -0.39 is 0 Å². The number of aromatic amines is 1. The number of nitrogens with one attached hydrogen (secondary N) is 2. The van der Waals surface area contributed by atoms with E-state index in [1.165, 1.54) is 0 Å². The molecule has 0 saturated carbocycles. The SMILES string of the molecule is CCC(NC(=O)CCOc1ccccc1)c1ncc[nH]1. The van der Waals surface area contributed by atoms with Crippen LogP contribution < -0.4 is 10.1 Å². The molecule has 5 heteroatoms. The van der Waals surface area contributed by atoms with Crippen LogP contribution >= 0.6 is 0 Å². The molecule has 20 heavy (non-hydrogen) atoms. The van der Waals surface area contributed by atoms with Crippen molar-refractivity contribution in [3.8, 4) is 5.75 Å². The van der Waals surface area contributed by atoms with Gasteiger partial charge in [0.15, 0.2) is 0 Å². The summed E-state index contributed by atoms with van der Waals surface area (Å²) < 4.78 is 5.50. The highest BCUT2D eigenvalue weighted by molar-refractivity contribution is 5.76. The molecule has 2 N–H and O–H groups in total. The van der Waals surface area contributed by atoms with Crippen LogP contribution in [-0.4, -0.2) is 22.5 Å². The summed E-state index contributed by atoms with van der Waals surface area (Å²) in [6.07, 6.45) is 4.55. The average molecular weight is 273 g/mol. The van der Waals surface area contributed by atoms with Gasteiger partial charge < -0.3 is 15.0 Å². The highest BCUT2D eigenvalue weighted by Gasteiger charge is 2.14. The molecule has 1 heterocycles. The largest absolute Gasteiger partial charge is 0.493 e. The van der Waals surface area contributed by atoms with Crippen LogP contribution in [0.5, 0.6) is 5.75 Å². The Bertz CT molecular complexity index is 511. The van der Waals surface area contributed by atoms with Crippen LogP contribution in [0, 0.1) is 0 Å². The van der Waals surface area contributed by atoms with E-state index in [0.717, 1.165) is 18.0 Å². The third-order valence-corrected chi connectivity index (χ3v) is 2.93. The van der Waals surface area contributed by atoms with Gasteiger partial charge in [0.1, 0.15) is 11.6 Å². The van der Waals surface area contributed by atoms with Crippen LogP contribution in [0.2, 0.25) is 0 Å². The minimum atomic E-state index is -0.0748. The number of rotatable bonds is 7. The molecular formula is C15H19N3O2. The van der Waals surface area contributed by atoms with Gasteiger partial charge in [-0.2, -0.15) is 0 Å². The Hall–Kier alpha value is -2.30. The van der Waals surface area contributed by atoms with E-state index in [4.69, 9.17) is 4.74 Å². The molecule has 1 amide bonds. The highest BCUT2D eigenvalue weighted by Crippen LogP contribution is 2.12. The summed E-state index contributed by atoms with van der Waals surface area (Å²) in [5, 5.41) is 2.94. The number of hydrogen-bond donors (Lipinski definition) is 2. The number of H-pyrrole nitrogens is 1. The van der Waals surface area contributed by atoms with Gasteiger partial charge >= 0.3 is 0 Å². The third kappa shape index (κ3) is 4.12. The zero-order chi connectivity index (χ0) is 14.2. The number of para-hydroxylation sites is 1. The first kappa shape index (κ1) is 14.1. The maximum absolute atomic E-state index is 11.9. The molecule has 0 aliphatic rings. The van der Waals surface area contributed by atoms with Crippen molar-refractivity contribution >= 4 is 5.91 Å². The molecule has 0 aliphatic carbocycles. The van der Waals surface area contributed by atoms with E-state index in [1.807, 2.05) is 37.3 Å². The number of carbonyl (C=O) groups excluding carboxylic acids is 1. The Labute approximate surface area is 118 Å². The van der Waals surface area contributed by atoms with E-state index in [2.05, 4.69) is 15.3 Å². The second kappa shape index (κ2) is 7.33. The topological polar surface area (TPSA) is 67.0 Å². The zero-order valence-electron chi connectivity index (χ0n) is 11.5. The maximum atomic E-state index is 11.9. The van der Waals surface area contributed by atoms with Crippen LogP contribution in [0.1, 0.15) is 31.6 Å². The molecule has 2 aromatic rings. The second-order valence-electron chi connectivity index (χ2n) is 4.41. The van der Waals surface area contributed by atoms with Crippen molar-refractivity contribution in [1.82, 2.24) is 15.3 Å². The van der Waals surface area contributed by atoms with Gasteiger partial charge in [-0.1, -0.05) is 25.1 Å². The van der Waals surface area contributed by atoms with Gasteiger partial charge in [-0.3, -0.25) is 4.79 Å². The number of carbonyl (C=O) groups is 1. The molecule has 1 atom stereocenters. The summed E-state index contributed by atoms with van der Waals surface area (Å²) >= 11 is 0. The molecule has 0 bridgehead atoms. The van der Waals surface area contributed by atoms with E-state index in [1.54, 1.807) is 12.4 Å². The van der Waals surface area contributed by atoms with Crippen LogP contribution in [0.4, 0.5) is 0 Å². The van der Waals surface area contributed by atoms with Gasteiger partial charge in [-0.05, 0) is 18.6 Å². The van der Waals surface area contributed by atoms with Crippen molar-refractivity contribution in [2.75, 3.05) is 6.61 Å². The van der Waals surface area contributed by atoms with Gasteiger partial charge in [0.05, 0.1) is 19.1 Å². The van der Waals surface area contributed by atoms with Crippen LogP contribution in [0.15, 0.2) is 42.7 Å². The number of benzene rings is 1. The number of nitrogens with zero attached hydrogens (tertiary/aromatic N) is 1. The highest BCUT2D eigenvalue weighted by atomic mass is 16.5. The van der Waals surface area contributed by atoms with E-state index in [9.17, 15) is 4.79 Å². The molecule has 106 valence electrons. The maximum Gasteiger partial charge on any atom is 0.224 e. The summed E-state index contributed by atoms with van der Waals surface area (Å²) in [5.74, 6) is 1.52. The van der Waals surface area contributed by atoms with Gasteiger partial charge in [-0.25, -0.2) is 4.98 Å². The van der Waals surface area contributed by atoms with Crippen molar-refractivity contribution < 1.29 is 9.53 Å². The van der Waals surface area contributed by atoms with Crippen molar-refractivity contribution in [3.05, 3.63) is 48.5 Å². The standard InChI is InChI=1S/C15H19N3O2/c1-2-13(15-16-9-10-17-15)18-14(19)8-11-20-12-6-4-3-5-7-12/h3-7,9-10,13H,2,8,11H2,1H3,(H,16,17)(H,18,19). The Morgan fingerprint density at radius 2 is 2.20 bits per heavy atom. The number of ether oxygens (including phenoxy) is 1. The molecular weight excluding hydrogens is 254 g/mol. The lowest BCUT2D eigenvalue weighted by Crippen LogP contribution is -2.29. The Morgan fingerprint density at radius 3 is 2.85 bits per heavy atom. The number of hydrogen-bond acceptors (Lipinski definition) is 3. The summed E-state index contributed by atoms with van der Waals surface area (Å²) in [6, 6.07) is 9.40. The van der Waals surface area contributed by atoms with Crippen LogP contribution in [0.25, 0.3) is 0 Å². The quantitative estimate of drug-likeness (QED) is 0.814. The predicted molar refractivity (Wildman–Crippen MR) is 76.3 cm³/mol. The first-order valence-electron chi connectivity index (χ1n) is 6.76. The summed E-state index contributed by atoms with van der Waals surface area (Å²) in [5.41, 5.74) is 0. The van der Waals surface area contributed by atoms with Crippen molar-refractivity contribution in [1.29, 1.82) is 0 Å². The predicted octanol–water partition coefficient (Wildman–Crippen LogP) is 2.45. The van der Waals surface area contributed by atoms with Crippen molar-refractivity contribution in [3.63, 3.8) is 0 Å². The minimum Gasteiger partial charge on any atom is -0.493 e. The van der Waals surface area contributed by atoms with Gasteiger partial charge in [0.25, 0.3) is 0 Å². The first-order valence-corrected chi connectivity index (χ1v) is 6.76. The second-order valence-corrected chi connectivity index (χ2v) is 4.41. The molecule has 1 aromatic carbocycles. The Kier molecular flexibility index (Phi) is 5.17. The monoisotopic (exact) mass is 273 g/mol. The van der Waals surface area contributed by atoms with Gasteiger partial charge in [0.2, 0.25) is 5.91 Å². The fourth-order valence-electron chi connectivity index (χ4n) is 1.88. The van der Waals surface area contributed by atoms with Gasteiger partial charge in [0, 0.05) is 12.4 Å². The lowest BCUT2D eigenvalue weighted by Gasteiger charge is -2.14. The third-order valence-electron chi connectivity index (χ3n) is 2.93. The molecule has 0 saturated heterocycles. The molecule has 0 spiro atoms. The van der Waals surface area contributed by atoms with Crippen LogP contribution in [-0.2, 0) is 4.79 Å². The summed E-state index contributed by atoms with van der Waals surface area (Å²) in [6.45, 7) is 2.37. The Balaban J connectivity index is 1.75. The van der Waals surface area contributed by atoms with Crippen molar-refractivity contribution in [2.24, 2.45) is 0 Å². The number of imidazole rings is 1. The molecule has 0 aliphatic heterocycles. The smallest absolute Gasteiger partial charge is 0.224 e. The normalized spacial score (nSPS) is 11.8. The fourth-order valence-corrected chi connectivity index (χ4v) is 1.88. The molecule has 2 rings (SSSR count). The Morgan fingerprint density at radius 1 is 1.40 bits per heavy atom. The lowest BCUT2D eigenvalue weighted by molar-refractivity contribution is -0.122. The first-order chi connectivity index (χ1) is 9.79. The van der Waals surface area contributed by atoms with Crippen molar-refractivity contribution in [2.45, 2.75) is 25.8 Å². The van der Waals surface area contributed by atoms with Crippen LogP contribution in [0.3, 0.4) is 0 Å². The van der Waals surface area contributed by atoms with E-state index >= 15 is 0 Å². The molecule has 1 aromatic heterocycles. The molecule has 5 nitrogen and oxygen atoms in total. The summed E-state index contributed by atoms with van der Waals surface area (Å²) in [4.78, 5) is 19.1. The molecule has 0 radical (unpaired) electrons. The zero-order valence-corrected chi connectivity index (χ0v) is 11.5. The van der Waals surface area contributed by atoms with Gasteiger partial charge in [-0.15, -0.1) is 0 Å². The lowest BCUT2D eigenvalue weighted by atomic mass is 10.2. The number of amides is 1. The summed E-state index contributed by atoms with van der Waals surface area (Å²) in [7, 11) is 0. The molecule has 0 fully saturated rings.